The number of anilines is 1. The van der Waals surface area contributed by atoms with E-state index in [9.17, 15) is 4.39 Å². The van der Waals surface area contributed by atoms with Crippen molar-refractivity contribution >= 4 is 17.3 Å². The zero-order chi connectivity index (χ0) is 12.4. The second-order valence-corrected chi connectivity index (χ2v) is 3.97. The lowest BCUT2D eigenvalue weighted by Gasteiger charge is -2.09. The molecular formula is C12H10ClFN2O. The standard InChI is InChI=1S/C12H10ClFN2O/c1-7-4-9(15)6-16-12(7)17-11-3-2-8(14)5-10(11)13/h2-6H,15H2,1H3. The van der Waals surface area contributed by atoms with Crippen molar-refractivity contribution in [3.8, 4) is 11.6 Å². The molecule has 0 saturated heterocycles. The molecule has 0 fully saturated rings. The van der Waals surface area contributed by atoms with Gasteiger partial charge in [-0.3, -0.25) is 0 Å². The Labute approximate surface area is 103 Å². The number of aromatic nitrogens is 1. The predicted octanol–water partition coefficient (Wildman–Crippen LogP) is 3.56. The van der Waals surface area contributed by atoms with Crippen molar-refractivity contribution in [3.63, 3.8) is 0 Å². The monoisotopic (exact) mass is 252 g/mol. The van der Waals surface area contributed by atoms with Gasteiger partial charge in [0.05, 0.1) is 16.9 Å². The van der Waals surface area contributed by atoms with E-state index >= 15 is 0 Å². The van der Waals surface area contributed by atoms with Gasteiger partial charge in [0.1, 0.15) is 11.6 Å². The number of nitrogens with zero attached hydrogens (tertiary/aromatic N) is 1. The second-order valence-electron chi connectivity index (χ2n) is 3.57. The molecule has 1 heterocycles. The number of hydrogen-bond acceptors (Lipinski definition) is 3. The van der Waals surface area contributed by atoms with Gasteiger partial charge >= 0.3 is 0 Å². The van der Waals surface area contributed by atoms with Crippen LogP contribution in [-0.2, 0) is 0 Å². The number of rotatable bonds is 2. The van der Waals surface area contributed by atoms with Crippen LogP contribution in [0.2, 0.25) is 5.02 Å². The summed E-state index contributed by atoms with van der Waals surface area (Å²) < 4.78 is 18.3. The van der Waals surface area contributed by atoms with E-state index < -0.39 is 5.82 Å². The van der Waals surface area contributed by atoms with Crippen molar-refractivity contribution in [2.45, 2.75) is 6.92 Å². The Morgan fingerprint density at radius 2 is 2.12 bits per heavy atom. The molecule has 2 rings (SSSR count). The summed E-state index contributed by atoms with van der Waals surface area (Å²) in [6.07, 6.45) is 1.49. The van der Waals surface area contributed by atoms with E-state index in [2.05, 4.69) is 4.98 Å². The van der Waals surface area contributed by atoms with Crippen molar-refractivity contribution in [3.05, 3.63) is 46.9 Å². The molecule has 0 bridgehead atoms. The van der Waals surface area contributed by atoms with Crippen LogP contribution < -0.4 is 10.5 Å². The summed E-state index contributed by atoms with van der Waals surface area (Å²) in [5.41, 5.74) is 6.92. The van der Waals surface area contributed by atoms with Gasteiger partial charge in [0.25, 0.3) is 0 Å². The van der Waals surface area contributed by atoms with Crippen LogP contribution in [-0.4, -0.2) is 4.98 Å². The van der Waals surface area contributed by atoms with E-state index in [1.165, 1.54) is 24.4 Å². The maximum absolute atomic E-state index is 12.8. The highest BCUT2D eigenvalue weighted by Crippen LogP contribution is 2.30. The Morgan fingerprint density at radius 3 is 2.76 bits per heavy atom. The third-order valence-electron chi connectivity index (χ3n) is 2.15. The van der Waals surface area contributed by atoms with Crippen molar-refractivity contribution in [2.75, 3.05) is 5.73 Å². The van der Waals surface area contributed by atoms with Gasteiger partial charge < -0.3 is 10.5 Å². The molecule has 2 N–H and O–H groups in total. The predicted molar refractivity (Wildman–Crippen MR) is 64.9 cm³/mol. The number of ether oxygens (including phenoxy) is 1. The van der Waals surface area contributed by atoms with Crippen LogP contribution in [0, 0.1) is 12.7 Å². The molecule has 0 atom stereocenters. The number of nitrogen functional groups attached to an aromatic ring is 1. The molecule has 0 saturated carbocycles. The largest absolute Gasteiger partial charge is 0.437 e. The third kappa shape index (κ3) is 2.65. The lowest BCUT2D eigenvalue weighted by atomic mass is 10.3. The van der Waals surface area contributed by atoms with Gasteiger partial charge in [0, 0.05) is 5.56 Å². The van der Waals surface area contributed by atoms with Gasteiger partial charge in [-0.1, -0.05) is 11.6 Å². The first-order chi connectivity index (χ1) is 8.06. The lowest BCUT2D eigenvalue weighted by Crippen LogP contribution is -1.94. The Morgan fingerprint density at radius 1 is 1.35 bits per heavy atom. The van der Waals surface area contributed by atoms with E-state index in [1.807, 2.05) is 6.92 Å². The van der Waals surface area contributed by atoms with E-state index in [1.54, 1.807) is 6.07 Å². The molecule has 0 spiro atoms. The molecular weight excluding hydrogens is 243 g/mol. The lowest BCUT2D eigenvalue weighted by molar-refractivity contribution is 0.458. The Balaban J connectivity index is 2.31. The van der Waals surface area contributed by atoms with E-state index in [0.717, 1.165) is 5.56 Å². The van der Waals surface area contributed by atoms with E-state index in [4.69, 9.17) is 22.1 Å². The topological polar surface area (TPSA) is 48.1 Å². The fourth-order valence-electron chi connectivity index (χ4n) is 1.35. The van der Waals surface area contributed by atoms with Gasteiger partial charge in [-0.25, -0.2) is 9.37 Å². The van der Waals surface area contributed by atoms with Crippen LogP contribution in [0.3, 0.4) is 0 Å². The molecule has 1 aromatic carbocycles. The van der Waals surface area contributed by atoms with Crippen LogP contribution in [0.25, 0.3) is 0 Å². The van der Waals surface area contributed by atoms with Crippen LogP contribution in [0.1, 0.15) is 5.56 Å². The van der Waals surface area contributed by atoms with E-state index in [-0.39, 0.29) is 5.02 Å². The van der Waals surface area contributed by atoms with Crippen molar-refractivity contribution < 1.29 is 9.13 Å². The average molecular weight is 253 g/mol. The summed E-state index contributed by atoms with van der Waals surface area (Å²) in [6.45, 7) is 1.82. The maximum atomic E-state index is 12.8. The minimum atomic E-state index is -0.413. The number of aryl methyl sites for hydroxylation is 1. The second kappa shape index (κ2) is 4.59. The van der Waals surface area contributed by atoms with Gasteiger partial charge in [-0.15, -0.1) is 0 Å². The van der Waals surface area contributed by atoms with Crippen LogP contribution in [0.4, 0.5) is 10.1 Å². The number of hydrogen-bond donors (Lipinski definition) is 1. The quantitative estimate of drug-likeness (QED) is 0.889. The molecule has 0 radical (unpaired) electrons. The summed E-state index contributed by atoms with van der Waals surface area (Å²) in [7, 11) is 0. The molecule has 17 heavy (non-hydrogen) atoms. The molecule has 88 valence electrons. The van der Waals surface area contributed by atoms with Crippen LogP contribution in [0.5, 0.6) is 11.6 Å². The Hall–Kier alpha value is -1.81. The molecule has 0 unspecified atom stereocenters. The number of benzene rings is 1. The fourth-order valence-corrected chi connectivity index (χ4v) is 1.56. The SMILES string of the molecule is Cc1cc(N)cnc1Oc1ccc(F)cc1Cl. The normalized spacial score (nSPS) is 10.3. The average Bonchev–Trinajstić information content (AvgIpc) is 2.25. The highest BCUT2D eigenvalue weighted by atomic mass is 35.5. The van der Waals surface area contributed by atoms with Gasteiger partial charge in [0.2, 0.25) is 5.88 Å². The number of pyridine rings is 1. The number of nitrogens with two attached hydrogens (primary N) is 1. The van der Waals surface area contributed by atoms with E-state index in [0.29, 0.717) is 17.3 Å². The van der Waals surface area contributed by atoms with Crippen LogP contribution in [0.15, 0.2) is 30.5 Å². The maximum Gasteiger partial charge on any atom is 0.222 e. The van der Waals surface area contributed by atoms with Crippen molar-refractivity contribution in [1.82, 2.24) is 4.98 Å². The molecule has 5 heteroatoms. The molecule has 0 aliphatic heterocycles. The number of halogens is 2. The summed E-state index contributed by atoms with van der Waals surface area (Å²) >= 11 is 5.85. The summed E-state index contributed by atoms with van der Waals surface area (Å²) in [6, 6.07) is 5.65. The molecule has 2 aromatic rings. The summed E-state index contributed by atoms with van der Waals surface area (Å²) in [5, 5.41) is 0.197. The van der Waals surface area contributed by atoms with Gasteiger partial charge in [-0.05, 0) is 31.2 Å². The molecule has 0 aliphatic rings. The molecule has 0 amide bonds. The highest BCUT2D eigenvalue weighted by molar-refractivity contribution is 6.32. The zero-order valence-corrected chi connectivity index (χ0v) is 9.83. The first-order valence-corrected chi connectivity index (χ1v) is 5.29. The third-order valence-corrected chi connectivity index (χ3v) is 2.45. The first kappa shape index (κ1) is 11.7. The summed E-state index contributed by atoms with van der Waals surface area (Å²) in [4.78, 5) is 4.04. The minimum Gasteiger partial charge on any atom is -0.437 e. The molecule has 1 aromatic heterocycles. The zero-order valence-electron chi connectivity index (χ0n) is 9.08. The molecule has 0 aliphatic carbocycles. The summed E-state index contributed by atoms with van der Waals surface area (Å²) in [5.74, 6) is 0.338. The Bertz CT molecular complexity index is 511. The van der Waals surface area contributed by atoms with Crippen molar-refractivity contribution in [2.24, 2.45) is 0 Å². The minimum absolute atomic E-state index is 0.197. The Kier molecular flexibility index (Phi) is 3.15. The first-order valence-electron chi connectivity index (χ1n) is 4.91. The molecule has 3 nitrogen and oxygen atoms in total. The van der Waals surface area contributed by atoms with Crippen LogP contribution >= 0.6 is 11.6 Å². The van der Waals surface area contributed by atoms with Gasteiger partial charge in [-0.2, -0.15) is 0 Å². The van der Waals surface area contributed by atoms with Crippen molar-refractivity contribution in [1.29, 1.82) is 0 Å². The highest BCUT2D eigenvalue weighted by Gasteiger charge is 2.07. The fraction of sp³-hybridized carbons (Fsp3) is 0.0833. The smallest absolute Gasteiger partial charge is 0.222 e. The van der Waals surface area contributed by atoms with Gasteiger partial charge in [0.15, 0.2) is 0 Å².